The van der Waals surface area contributed by atoms with Crippen molar-refractivity contribution in [2.45, 2.75) is 34.6 Å². The summed E-state index contributed by atoms with van der Waals surface area (Å²) in [7, 11) is 0. The second kappa shape index (κ2) is 6.88. The highest BCUT2D eigenvalue weighted by Crippen LogP contribution is 2.26. The number of anilines is 1. The summed E-state index contributed by atoms with van der Waals surface area (Å²) in [5.74, 6) is -1.22. The highest BCUT2D eigenvalue weighted by atomic mass is 32.1. The Morgan fingerprint density at radius 3 is 2.31 bits per heavy atom. The number of aryl methyl sites for hydroxylation is 4. The molecule has 2 heterocycles. The van der Waals surface area contributed by atoms with Crippen LogP contribution in [0.15, 0.2) is 29.6 Å². The lowest BCUT2D eigenvalue weighted by Crippen LogP contribution is -2.23. The molecular weight excluding hydrogens is 346 g/mol. The zero-order chi connectivity index (χ0) is 19.0. The fourth-order valence-corrected chi connectivity index (χ4v) is 3.87. The van der Waals surface area contributed by atoms with Crippen LogP contribution in [-0.2, 0) is 4.79 Å². The molecule has 1 aromatic carbocycles. The van der Waals surface area contributed by atoms with Crippen LogP contribution >= 0.6 is 11.3 Å². The van der Waals surface area contributed by atoms with Crippen LogP contribution in [0.25, 0.3) is 5.69 Å². The molecule has 3 rings (SSSR count). The molecule has 0 aliphatic carbocycles. The quantitative estimate of drug-likeness (QED) is 0.552. The zero-order valence-corrected chi connectivity index (χ0v) is 16.3. The van der Waals surface area contributed by atoms with Gasteiger partial charge < -0.3 is 4.57 Å². The highest BCUT2D eigenvalue weighted by molar-refractivity contribution is 7.14. The molecule has 6 heteroatoms. The second-order valence-corrected chi connectivity index (χ2v) is 7.30. The number of benzene rings is 1. The fourth-order valence-electron chi connectivity index (χ4n) is 3.18. The number of carbonyl (C=O) groups is 2. The van der Waals surface area contributed by atoms with Crippen LogP contribution in [0.1, 0.15) is 38.6 Å². The Kier molecular flexibility index (Phi) is 4.78. The maximum Gasteiger partial charge on any atom is 0.298 e. The fraction of sp³-hybridized carbons (Fsp3) is 0.250. The maximum absolute atomic E-state index is 12.7. The molecular formula is C20H21N3O2S. The molecule has 0 unspecified atom stereocenters. The number of ketones is 1. The molecule has 1 amide bonds. The number of amides is 1. The Bertz CT molecular complexity index is 994. The van der Waals surface area contributed by atoms with Gasteiger partial charge in [-0.05, 0) is 51.8 Å². The van der Waals surface area contributed by atoms with E-state index in [9.17, 15) is 9.59 Å². The minimum atomic E-state index is -0.666. The first-order chi connectivity index (χ1) is 12.3. The van der Waals surface area contributed by atoms with Gasteiger partial charge in [0.25, 0.3) is 11.7 Å². The Balaban J connectivity index is 1.97. The summed E-state index contributed by atoms with van der Waals surface area (Å²) in [6.45, 7) is 9.73. The lowest BCUT2D eigenvalue weighted by molar-refractivity contribution is -0.112. The monoisotopic (exact) mass is 367 g/mol. The Hall–Kier alpha value is -2.73. The van der Waals surface area contributed by atoms with E-state index in [-0.39, 0.29) is 0 Å². The molecule has 5 nitrogen and oxygen atoms in total. The first kappa shape index (κ1) is 18.1. The largest absolute Gasteiger partial charge is 0.317 e. The average molecular weight is 367 g/mol. The van der Waals surface area contributed by atoms with Crippen LogP contribution in [0.5, 0.6) is 0 Å². The van der Waals surface area contributed by atoms with Crippen molar-refractivity contribution in [1.29, 1.82) is 0 Å². The molecule has 2 aromatic heterocycles. The van der Waals surface area contributed by atoms with Gasteiger partial charge in [0.1, 0.15) is 0 Å². The predicted molar refractivity (Wildman–Crippen MR) is 105 cm³/mol. The molecule has 3 aromatic rings. The van der Waals surface area contributed by atoms with Gasteiger partial charge in [-0.15, -0.1) is 11.3 Å². The van der Waals surface area contributed by atoms with Gasteiger partial charge in [-0.2, -0.15) is 0 Å². The summed E-state index contributed by atoms with van der Waals surface area (Å²) in [4.78, 5) is 29.2. The number of Topliss-reactive ketones (excluding diaryl/α,β-unsaturated/α-hetero) is 1. The van der Waals surface area contributed by atoms with Gasteiger partial charge in [0.15, 0.2) is 5.13 Å². The van der Waals surface area contributed by atoms with Crippen molar-refractivity contribution in [3.63, 3.8) is 0 Å². The number of para-hydroxylation sites is 1. The normalized spacial score (nSPS) is 10.8. The van der Waals surface area contributed by atoms with E-state index >= 15 is 0 Å². The van der Waals surface area contributed by atoms with Gasteiger partial charge in [-0.1, -0.05) is 18.2 Å². The third-order valence-electron chi connectivity index (χ3n) is 4.38. The molecule has 0 saturated heterocycles. The summed E-state index contributed by atoms with van der Waals surface area (Å²) >= 11 is 1.30. The lowest BCUT2D eigenvalue weighted by Gasteiger charge is -2.15. The van der Waals surface area contributed by atoms with E-state index in [0.717, 1.165) is 33.9 Å². The summed E-state index contributed by atoms with van der Waals surface area (Å²) in [6, 6.07) is 7.87. The van der Waals surface area contributed by atoms with Crippen LogP contribution in [-0.4, -0.2) is 21.2 Å². The van der Waals surface area contributed by atoms with E-state index in [1.807, 2.05) is 62.8 Å². The highest BCUT2D eigenvalue weighted by Gasteiger charge is 2.24. The van der Waals surface area contributed by atoms with Crippen LogP contribution in [0, 0.1) is 34.6 Å². The van der Waals surface area contributed by atoms with Gasteiger partial charge >= 0.3 is 0 Å². The number of rotatable bonds is 4. The molecule has 26 heavy (non-hydrogen) atoms. The number of nitrogens with zero attached hydrogens (tertiary/aromatic N) is 2. The molecule has 0 aliphatic rings. The summed E-state index contributed by atoms with van der Waals surface area (Å²) in [5, 5.41) is 4.85. The molecule has 1 N–H and O–H groups in total. The maximum atomic E-state index is 12.7. The first-order valence-electron chi connectivity index (χ1n) is 8.33. The van der Waals surface area contributed by atoms with Crippen LogP contribution in [0.4, 0.5) is 5.13 Å². The van der Waals surface area contributed by atoms with Crippen LogP contribution in [0.3, 0.4) is 0 Å². The predicted octanol–water partition coefficient (Wildman–Crippen LogP) is 4.30. The second-order valence-electron chi connectivity index (χ2n) is 6.44. The molecule has 0 radical (unpaired) electrons. The minimum Gasteiger partial charge on any atom is -0.317 e. The van der Waals surface area contributed by atoms with Crippen molar-refractivity contribution >= 4 is 28.2 Å². The number of hydrogen-bond acceptors (Lipinski definition) is 4. The summed E-state index contributed by atoms with van der Waals surface area (Å²) < 4.78 is 2.04. The van der Waals surface area contributed by atoms with Crippen LogP contribution < -0.4 is 5.32 Å². The van der Waals surface area contributed by atoms with Gasteiger partial charge in [0, 0.05) is 22.3 Å². The van der Waals surface area contributed by atoms with Crippen molar-refractivity contribution in [1.82, 2.24) is 9.55 Å². The van der Waals surface area contributed by atoms with E-state index in [1.54, 1.807) is 6.07 Å². The third-order valence-corrected chi connectivity index (χ3v) is 5.26. The number of thiazole rings is 1. The van der Waals surface area contributed by atoms with Gasteiger partial charge in [0.05, 0.1) is 11.4 Å². The van der Waals surface area contributed by atoms with Gasteiger partial charge in [-0.3, -0.25) is 14.9 Å². The Morgan fingerprint density at radius 1 is 1.08 bits per heavy atom. The van der Waals surface area contributed by atoms with Crippen molar-refractivity contribution in [3.05, 3.63) is 63.4 Å². The summed E-state index contributed by atoms with van der Waals surface area (Å²) in [6.07, 6.45) is 0. The standard InChI is InChI=1S/C20H21N3O2S/c1-11-7-6-8-12(2)17(11)23-14(4)9-16(15(23)5)18(24)19(25)22-20-21-13(3)10-26-20/h6-10H,1-5H3,(H,21,22,25). The van der Waals surface area contributed by atoms with E-state index in [4.69, 9.17) is 0 Å². The van der Waals surface area contributed by atoms with Gasteiger partial charge in [-0.25, -0.2) is 4.98 Å². The number of hydrogen-bond donors (Lipinski definition) is 1. The zero-order valence-electron chi connectivity index (χ0n) is 15.5. The molecule has 0 saturated carbocycles. The third kappa shape index (κ3) is 3.20. The minimum absolute atomic E-state index is 0.413. The molecule has 0 spiro atoms. The lowest BCUT2D eigenvalue weighted by atomic mass is 10.1. The van der Waals surface area contributed by atoms with E-state index in [2.05, 4.69) is 10.3 Å². The van der Waals surface area contributed by atoms with Crippen molar-refractivity contribution < 1.29 is 9.59 Å². The number of nitrogens with one attached hydrogen (secondary N) is 1. The van der Waals surface area contributed by atoms with E-state index in [0.29, 0.717) is 10.7 Å². The molecule has 0 fully saturated rings. The Labute approximate surface area is 156 Å². The van der Waals surface area contributed by atoms with E-state index < -0.39 is 11.7 Å². The first-order valence-corrected chi connectivity index (χ1v) is 9.21. The average Bonchev–Trinajstić information content (AvgIpc) is 3.11. The Morgan fingerprint density at radius 2 is 1.73 bits per heavy atom. The number of carbonyl (C=O) groups excluding carboxylic acids is 2. The number of aromatic nitrogens is 2. The topological polar surface area (TPSA) is 64.0 Å². The van der Waals surface area contributed by atoms with Crippen LogP contribution in [0.2, 0.25) is 0 Å². The molecule has 134 valence electrons. The summed E-state index contributed by atoms with van der Waals surface area (Å²) in [5.41, 5.74) is 6.19. The van der Waals surface area contributed by atoms with Crippen molar-refractivity contribution in [3.8, 4) is 5.69 Å². The SMILES string of the molecule is Cc1csc(NC(=O)C(=O)c2cc(C)n(-c3c(C)cccc3C)c2C)n1. The molecule has 0 bridgehead atoms. The molecule has 0 atom stereocenters. The van der Waals surface area contributed by atoms with E-state index in [1.165, 1.54) is 11.3 Å². The van der Waals surface area contributed by atoms with Gasteiger partial charge in [0.2, 0.25) is 0 Å². The smallest absolute Gasteiger partial charge is 0.298 e. The molecule has 0 aliphatic heterocycles. The van der Waals surface area contributed by atoms with Crippen molar-refractivity contribution in [2.24, 2.45) is 0 Å². The van der Waals surface area contributed by atoms with Crippen molar-refractivity contribution in [2.75, 3.05) is 5.32 Å².